The van der Waals surface area contributed by atoms with Gasteiger partial charge in [-0.1, -0.05) is 11.6 Å². The summed E-state index contributed by atoms with van der Waals surface area (Å²) >= 11 is 7.65. The largest absolute Gasteiger partial charge is 0.396 e. The summed E-state index contributed by atoms with van der Waals surface area (Å²) in [6.45, 7) is 0.953. The fourth-order valence-electron chi connectivity index (χ4n) is 1.83. The second-order valence-corrected chi connectivity index (χ2v) is 4.86. The maximum atomic E-state index is 9.23. The first kappa shape index (κ1) is 10.4. The van der Waals surface area contributed by atoms with Crippen LogP contribution in [0, 0.1) is 5.92 Å². The molecule has 1 fully saturated rings. The molecule has 0 saturated carbocycles. The molecule has 1 aliphatic heterocycles. The molecule has 1 N–H and O–H groups in total. The van der Waals surface area contributed by atoms with Gasteiger partial charge in [0.2, 0.25) is 0 Å². The lowest BCUT2D eigenvalue weighted by molar-refractivity contribution is -0.0436. The van der Waals surface area contributed by atoms with Crippen LogP contribution in [-0.4, -0.2) is 18.3 Å². The molecule has 0 spiro atoms. The molecule has 4 heteroatoms. The summed E-state index contributed by atoms with van der Waals surface area (Å²) in [5.41, 5.74) is 0. The summed E-state index contributed by atoms with van der Waals surface area (Å²) < 4.78 is 5.67. The quantitative estimate of drug-likeness (QED) is 0.850. The van der Waals surface area contributed by atoms with Crippen LogP contribution in [-0.2, 0) is 4.74 Å². The molecule has 14 heavy (non-hydrogen) atoms. The van der Waals surface area contributed by atoms with E-state index in [9.17, 15) is 5.11 Å². The van der Waals surface area contributed by atoms with Crippen LogP contribution in [0.25, 0.3) is 0 Å². The van der Waals surface area contributed by atoms with Crippen molar-refractivity contribution in [2.24, 2.45) is 5.92 Å². The predicted octanol–water partition coefficient (Wildman–Crippen LogP) is 2.86. The number of aliphatic hydroxyl groups excluding tert-OH is 1. The molecule has 0 amide bonds. The summed E-state index contributed by atoms with van der Waals surface area (Å²) in [6, 6.07) is 1.88. The Hall–Kier alpha value is -0.0900. The highest BCUT2D eigenvalue weighted by molar-refractivity contribution is 7.10. The van der Waals surface area contributed by atoms with Crippen LogP contribution in [0.5, 0.6) is 0 Å². The summed E-state index contributed by atoms with van der Waals surface area (Å²) in [6.07, 6.45) is 2.06. The molecule has 2 heterocycles. The van der Waals surface area contributed by atoms with E-state index in [4.69, 9.17) is 16.3 Å². The van der Waals surface area contributed by atoms with Crippen LogP contribution >= 0.6 is 22.9 Å². The number of rotatable bonds is 2. The highest BCUT2D eigenvalue weighted by Gasteiger charge is 2.29. The smallest absolute Gasteiger partial charge is 0.0981 e. The van der Waals surface area contributed by atoms with Crippen molar-refractivity contribution in [3.05, 3.63) is 21.3 Å². The van der Waals surface area contributed by atoms with E-state index in [1.807, 2.05) is 11.4 Å². The van der Waals surface area contributed by atoms with Crippen molar-refractivity contribution in [1.29, 1.82) is 0 Å². The molecule has 2 atom stereocenters. The number of thiophene rings is 1. The molecular formula is C10H13ClO2S. The van der Waals surface area contributed by atoms with Crippen LogP contribution < -0.4 is 0 Å². The molecular weight excluding hydrogens is 220 g/mol. The van der Waals surface area contributed by atoms with Gasteiger partial charge in [-0.2, -0.15) is 0 Å². The lowest BCUT2D eigenvalue weighted by atomic mass is 9.94. The number of aliphatic hydroxyl groups is 1. The van der Waals surface area contributed by atoms with E-state index in [1.165, 1.54) is 0 Å². The van der Waals surface area contributed by atoms with Gasteiger partial charge in [0.1, 0.15) is 0 Å². The van der Waals surface area contributed by atoms with Crippen molar-refractivity contribution in [2.45, 2.75) is 18.9 Å². The summed E-state index contributed by atoms with van der Waals surface area (Å²) in [5, 5.41) is 12.0. The van der Waals surface area contributed by atoms with E-state index >= 15 is 0 Å². The maximum absolute atomic E-state index is 9.23. The van der Waals surface area contributed by atoms with Crippen molar-refractivity contribution in [2.75, 3.05) is 13.2 Å². The van der Waals surface area contributed by atoms with Gasteiger partial charge in [0.15, 0.2) is 0 Å². The number of hydrogen-bond acceptors (Lipinski definition) is 3. The monoisotopic (exact) mass is 232 g/mol. The van der Waals surface area contributed by atoms with Crippen molar-refractivity contribution in [3.8, 4) is 0 Å². The Kier molecular flexibility index (Phi) is 3.44. The third kappa shape index (κ3) is 1.96. The molecule has 0 aliphatic carbocycles. The van der Waals surface area contributed by atoms with Crippen LogP contribution in [0.1, 0.15) is 23.8 Å². The minimum absolute atomic E-state index is 0.00116. The van der Waals surface area contributed by atoms with Crippen LogP contribution in [0.4, 0.5) is 0 Å². The Bertz CT molecular complexity index is 300. The fourth-order valence-corrected chi connectivity index (χ4v) is 3.13. The van der Waals surface area contributed by atoms with Gasteiger partial charge in [-0.25, -0.2) is 0 Å². The zero-order chi connectivity index (χ0) is 9.97. The predicted molar refractivity (Wildman–Crippen MR) is 57.8 cm³/mol. The fraction of sp³-hybridized carbons (Fsp3) is 0.600. The first-order chi connectivity index (χ1) is 6.83. The Balaban J connectivity index is 2.19. The van der Waals surface area contributed by atoms with Crippen molar-refractivity contribution in [3.63, 3.8) is 0 Å². The molecule has 2 nitrogen and oxygen atoms in total. The first-order valence-corrected chi connectivity index (χ1v) is 6.04. The maximum Gasteiger partial charge on any atom is 0.0981 e. The molecule has 78 valence electrons. The van der Waals surface area contributed by atoms with Gasteiger partial charge in [-0.3, -0.25) is 0 Å². The van der Waals surface area contributed by atoms with E-state index in [1.54, 1.807) is 11.3 Å². The second kappa shape index (κ2) is 4.62. The normalized spacial score (nSPS) is 27.9. The SMILES string of the molecule is OCC1CCCOC1c1sccc1Cl. The minimum atomic E-state index is 0.00116. The zero-order valence-electron chi connectivity index (χ0n) is 7.78. The molecule has 0 bridgehead atoms. The average Bonchev–Trinajstić information content (AvgIpc) is 2.64. The number of halogens is 1. The van der Waals surface area contributed by atoms with Crippen LogP contribution in [0.2, 0.25) is 5.02 Å². The summed E-state index contributed by atoms with van der Waals surface area (Å²) in [4.78, 5) is 1.06. The number of hydrogen-bond donors (Lipinski definition) is 1. The van der Waals surface area contributed by atoms with Crippen molar-refractivity contribution >= 4 is 22.9 Å². The van der Waals surface area contributed by atoms with Gasteiger partial charge in [0.25, 0.3) is 0 Å². The Morgan fingerprint density at radius 3 is 3.14 bits per heavy atom. The highest BCUT2D eigenvalue weighted by atomic mass is 35.5. The zero-order valence-corrected chi connectivity index (χ0v) is 9.35. The average molecular weight is 233 g/mol. The third-order valence-electron chi connectivity index (χ3n) is 2.58. The molecule has 1 aromatic rings. The topological polar surface area (TPSA) is 29.5 Å². The lowest BCUT2D eigenvalue weighted by Crippen LogP contribution is -2.24. The van der Waals surface area contributed by atoms with E-state index in [0.717, 1.165) is 29.3 Å². The summed E-state index contributed by atoms with van der Waals surface area (Å²) in [5.74, 6) is 0.208. The van der Waals surface area contributed by atoms with Crippen molar-refractivity contribution < 1.29 is 9.84 Å². The van der Waals surface area contributed by atoms with E-state index in [0.29, 0.717) is 0 Å². The second-order valence-electron chi connectivity index (χ2n) is 3.51. The van der Waals surface area contributed by atoms with Gasteiger partial charge in [0.05, 0.1) is 16.0 Å². The van der Waals surface area contributed by atoms with Gasteiger partial charge < -0.3 is 9.84 Å². The lowest BCUT2D eigenvalue weighted by Gasteiger charge is -2.29. The van der Waals surface area contributed by atoms with Crippen LogP contribution in [0.3, 0.4) is 0 Å². The molecule has 1 saturated heterocycles. The molecule has 2 rings (SSSR count). The first-order valence-electron chi connectivity index (χ1n) is 4.78. The van der Waals surface area contributed by atoms with E-state index < -0.39 is 0 Å². The van der Waals surface area contributed by atoms with Gasteiger partial charge in [0, 0.05) is 19.1 Å². The minimum Gasteiger partial charge on any atom is -0.396 e. The Morgan fingerprint density at radius 1 is 1.64 bits per heavy atom. The molecule has 2 unspecified atom stereocenters. The molecule has 0 radical (unpaired) electrons. The van der Waals surface area contributed by atoms with E-state index in [2.05, 4.69) is 0 Å². The Morgan fingerprint density at radius 2 is 2.50 bits per heavy atom. The molecule has 1 aliphatic rings. The number of ether oxygens (including phenoxy) is 1. The van der Waals surface area contributed by atoms with E-state index in [-0.39, 0.29) is 18.6 Å². The van der Waals surface area contributed by atoms with Crippen molar-refractivity contribution in [1.82, 2.24) is 0 Å². The summed E-state index contributed by atoms with van der Waals surface area (Å²) in [7, 11) is 0. The standard InChI is InChI=1S/C10H13ClO2S/c11-8-3-5-14-10(8)9-7(6-12)2-1-4-13-9/h3,5,7,9,12H,1-2,4,6H2. The Labute approximate surface area is 92.5 Å². The van der Waals surface area contributed by atoms with Gasteiger partial charge in [-0.15, -0.1) is 11.3 Å². The van der Waals surface area contributed by atoms with Crippen LogP contribution in [0.15, 0.2) is 11.4 Å². The van der Waals surface area contributed by atoms with Gasteiger partial charge in [-0.05, 0) is 24.3 Å². The molecule has 1 aromatic heterocycles. The highest BCUT2D eigenvalue weighted by Crippen LogP contribution is 2.39. The van der Waals surface area contributed by atoms with Gasteiger partial charge >= 0.3 is 0 Å². The molecule has 0 aromatic carbocycles. The third-order valence-corrected chi connectivity index (χ3v) is 4.00.